The van der Waals surface area contributed by atoms with Crippen molar-refractivity contribution in [1.29, 1.82) is 0 Å². The van der Waals surface area contributed by atoms with E-state index >= 15 is 0 Å². The third-order valence-corrected chi connectivity index (χ3v) is 9.66. The molecule has 2 aromatic heterocycles. The Kier molecular flexibility index (Phi) is 5.95. The number of carboxylic acids is 1. The van der Waals surface area contributed by atoms with Crippen LogP contribution in [0.25, 0.3) is 10.4 Å². The molecule has 0 aromatic carbocycles. The number of thiazole rings is 1. The number of nitrogens with two attached hydrogens (primary N) is 1. The van der Waals surface area contributed by atoms with Gasteiger partial charge in [0.05, 0.1) is 22.9 Å². The molecule has 0 aliphatic carbocycles. The van der Waals surface area contributed by atoms with Crippen molar-refractivity contribution in [3.8, 4) is 0 Å². The highest BCUT2D eigenvalue weighted by molar-refractivity contribution is 8.00. The Morgan fingerprint density at radius 1 is 1.38 bits per heavy atom. The van der Waals surface area contributed by atoms with Gasteiger partial charge in [-0.15, -0.1) is 0 Å². The van der Waals surface area contributed by atoms with Crippen molar-refractivity contribution in [3.05, 3.63) is 23.1 Å². The van der Waals surface area contributed by atoms with E-state index in [4.69, 9.17) is 5.73 Å². The molecule has 10 nitrogen and oxygen atoms in total. The molecule has 5 rings (SSSR count). The van der Waals surface area contributed by atoms with Gasteiger partial charge < -0.3 is 26.2 Å². The van der Waals surface area contributed by atoms with Crippen molar-refractivity contribution in [2.75, 3.05) is 13.1 Å². The Morgan fingerprint density at radius 2 is 2.09 bits per heavy atom. The van der Waals surface area contributed by atoms with Crippen molar-refractivity contribution in [3.63, 3.8) is 0 Å². The van der Waals surface area contributed by atoms with E-state index in [2.05, 4.69) is 5.32 Å². The first-order valence-corrected chi connectivity index (χ1v) is 13.1. The monoisotopic (exact) mass is 506 g/mol. The number of carbonyl (C=O) groups excluding carboxylic acids is 2. The smallest absolute Gasteiger partial charge is 0.352 e. The van der Waals surface area contributed by atoms with Crippen LogP contribution in [0.3, 0.4) is 0 Å². The number of β-lactam (4-membered cyclic amide) rings is 1. The van der Waals surface area contributed by atoms with Crippen LogP contribution in [0.2, 0.25) is 0 Å². The number of amides is 2. The van der Waals surface area contributed by atoms with Gasteiger partial charge in [0.1, 0.15) is 11.9 Å². The normalized spacial score (nSPS) is 26.1. The van der Waals surface area contributed by atoms with Crippen LogP contribution >= 0.6 is 23.1 Å². The number of nitrogens with zero attached hydrogens (tertiary/aromatic N) is 3. The highest BCUT2D eigenvalue weighted by Crippen LogP contribution is 2.51. The summed E-state index contributed by atoms with van der Waals surface area (Å²) in [6, 6.07) is -0.363. The standard InChI is InChI=1S/C22H27N5O5S2/c1-10-15(18(22(31)32)27-17(10)16(11(2)28)19(27)30)13-7-25-9-26(8-14(23)29)20(21(25)34-13)33-12-3-5-24-6-4-12/h7,9-12,16-17,24,28H,3-6,8H2,1-2H3,(H2-,23,29,31,32)/p+1/t10-,11+,16+,17+/m0/s1. The van der Waals surface area contributed by atoms with Crippen molar-refractivity contribution in [2.24, 2.45) is 17.6 Å². The number of imidazole rings is 1. The fraction of sp³-hybridized carbons (Fsp3) is 0.545. The zero-order valence-electron chi connectivity index (χ0n) is 18.9. The van der Waals surface area contributed by atoms with Crippen LogP contribution in [0, 0.1) is 11.8 Å². The Bertz CT molecular complexity index is 1210. The number of carbonyl (C=O) groups is 3. The van der Waals surface area contributed by atoms with Gasteiger partial charge in [-0.3, -0.25) is 9.59 Å². The van der Waals surface area contributed by atoms with E-state index in [0.717, 1.165) is 40.7 Å². The van der Waals surface area contributed by atoms with Gasteiger partial charge in [0, 0.05) is 16.7 Å². The number of aliphatic hydroxyl groups is 1. The number of primary amides is 1. The average Bonchev–Trinajstić information content (AvgIpc) is 3.37. The molecule has 0 spiro atoms. The second-order valence-electron chi connectivity index (χ2n) is 9.21. The lowest BCUT2D eigenvalue weighted by molar-refractivity contribution is -0.717. The second kappa shape index (κ2) is 8.67. The van der Waals surface area contributed by atoms with Crippen LogP contribution < -0.4 is 15.6 Å². The molecule has 182 valence electrons. The van der Waals surface area contributed by atoms with E-state index < -0.39 is 23.9 Å². The summed E-state index contributed by atoms with van der Waals surface area (Å²) < 4.78 is 3.77. The number of carboxylic acid groups (broad SMARTS) is 1. The predicted octanol–water partition coefficient (Wildman–Crippen LogP) is 0.271. The molecule has 34 heavy (non-hydrogen) atoms. The number of aliphatic hydroxyl groups excluding tert-OH is 1. The highest BCUT2D eigenvalue weighted by atomic mass is 32.2. The number of fused-ring (bicyclic) bond motifs is 2. The fourth-order valence-electron chi connectivity index (χ4n) is 5.42. The van der Waals surface area contributed by atoms with Crippen LogP contribution in [-0.2, 0) is 20.9 Å². The molecule has 5 heterocycles. The van der Waals surface area contributed by atoms with Crippen LogP contribution in [0.4, 0.5) is 0 Å². The minimum absolute atomic E-state index is 0.00136. The minimum Gasteiger partial charge on any atom is -0.477 e. The lowest BCUT2D eigenvalue weighted by Crippen LogP contribution is -2.63. The third-order valence-electron chi connectivity index (χ3n) is 6.94. The van der Waals surface area contributed by atoms with Gasteiger partial charge in [0.2, 0.25) is 15.8 Å². The quantitative estimate of drug-likeness (QED) is 0.312. The zero-order valence-corrected chi connectivity index (χ0v) is 20.6. The second-order valence-corrected chi connectivity index (χ2v) is 11.5. The number of hydrogen-bond acceptors (Lipinski definition) is 7. The molecule has 2 saturated heterocycles. The third kappa shape index (κ3) is 3.63. The van der Waals surface area contributed by atoms with Gasteiger partial charge in [0.15, 0.2) is 6.54 Å². The number of hydrogen-bond donors (Lipinski definition) is 4. The van der Waals surface area contributed by atoms with Gasteiger partial charge in [-0.2, -0.15) is 4.40 Å². The molecule has 0 radical (unpaired) electrons. The molecule has 0 saturated carbocycles. The molecular formula is C22H28N5O5S2+. The zero-order chi connectivity index (χ0) is 24.3. The number of nitrogens with one attached hydrogen (secondary N) is 1. The number of thioether (sulfide) groups is 1. The fourth-order valence-corrected chi connectivity index (χ4v) is 8.11. The van der Waals surface area contributed by atoms with E-state index in [-0.39, 0.29) is 30.1 Å². The lowest BCUT2D eigenvalue weighted by Gasteiger charge is -2.46. The Hall–Kier alpha value is -2.41. The number of rotatable bonds is 7. The maximum Gasteiger partial charge on any atom is 0.352 e. The summed E-state index contributed by atoms with van der Waals surface area (Å²) in [6.07, 6.45) is 4.88. The number of piperidine rings is 1. The summed E-state index contributed by atoms with van der Waals surface area (Å²) in [7, 11) is 0. The number of aromatic nitrogens is 2. The molecule has 4 atom stereocenters. The molecule has 2 fully saturated rings. The first-order valence-electron chi connectivity index (χ1n) is 11.4. The number of aliphatic carboxylic acids is 1. The van der Waals surface area contributed by atoms with Crippen LogP contribution in [0.5, 0.6) is 0 Å². The molecule has 5 N–H and O–H groups in total. The van der Waals surface area contributed by atoms with Gasteiger partial charge >= 0.3 is 5.97 Å². The van der Waals surface area contributed by atoms with E-state index in [0.29, 0.717) is 10.8 Å². The first-order chi connectivity index (χ1) is 16.2. The Balaban J connectivity index is 1.57. The van der Waals surface area contributed by atoms with Crippen LogP contribution in [0.15, 0.2) is 23.2 Å². The SMILES string of the molecule is C[C@@H](O)[C@H]1C(=O)N2C(C(=O)O)=C(c3cn4c[n+](CC(N)=O)c(SC5CCNCC5)c4s3)[C@H](C)[C@H]12. The summed E-state index contributed by atoms with van der Waals surface area (Å²) in [6.45, 7) is 5.45. The molecule has 0 bridgehead atoms. The summed E-state index contributed by atoms with van der Waals surface area (Å²) in [5.41, 5.74) is 6.10. The topological polar surface area (TPSA) is 141 Å². The molecule has 2 amide bonds. The van der Waals surface area contributed by atoms with Crippen molar-refractivity contribution in [2.45, 2.75) is 55.7 Å². The van der Waals surface area contributed by atoms with Gasteiger partial charge in [-0.05, 0) is 32.9 Å². The van der Waals surface area contributed by atoms with Crippen molar-refractivity contribution < 1.29 is 29.2 Å². The van der Waals surface area contributed by atoms with E-state index in [1.807, 2.05) is 28.4 Å². The van der Waals surface area contributed by atoms with Crippen LogP contribution in [0.1, 0.15) is 31.6 Å². The van der Waals surface area contributed by atoms with Crippen molar-refractivity contribution in [1.82, 2.24) is 14.6 Å². The van der Waals surface area contributed by atoms with E-state index in [9.17, 15) is 24.6 Å². The molecule has 0 unspecified atom stereocenters. The summed E-state index contributed by atoms with van der Waals surface area (Å²) >= 11 is 3.18. The van der Waals surface area contributed by atoms with Crippen LogP contribution in [-0.4, -0.2) is 67.8 Å². The van der Waals surface area contributed by atoms with Gasteiger partial charge in [0.25, 0.3) is 12.2 Å². The lowest BCUT2D eigenvalue weighted by atomic mass is 9.77. The maximum atomic E-state index is 12.7. The van der Waals surface area contributed by atoms with Gasteiger partial charge in [-0.25, -0.2) is 9.36 Å². The highest BCUT2D eigenvalue weighted by Gasteiger charge is 2.60. The molecule has 2 aromatic rings. The minimum atomic E-state index is -1.15. The summed E-state index contributed by atoms with van der Waals surface area (Å²) in [4.78, 5) is 39.6. The van der Waals surface area contributed by atoms with E-state index in [1.54, 1.807) is 18.7 Å². The molecule has 12 heteroatoms. The predicted molar refractivity (Wildman–Crippen MR) is 126 cm³/mol. The van der Waals surface area contributed by atoms with Crippen molar-refractivity contribution >= 4 is 51.3 Å². The first kappa shape index (κ1) is 23.3. The Labute approximate surface area is 204 Å². The summed E-state index contributed by atoms with van der Waals surface area (Å²) in [5, 5.41) is 24.8. The summed E-state index contributed by atoms with van der Waals surface area (Å²) in [5.74, 6) is -2.75. The molecule has 3 aliphatic rings. The largest absolute Gasteiger partial charge is 0.477 e. The Morgan fingerprint density at radius 3 is 2.71 bits per heavy atom. The average molecular weight is 507 g/mol. The maximum absolute atomic E-state index is 12.7. The van der Waals surface area contributed by atoms with Gasteiger partial charge in [-0.1, -0.05) is 30.0 Å². The molecule has 3 aliphatic heterocycles. The molecular weight excluding hydrogens is 478 g/mol. The van der Waals surface area contributed by atoms with E-state index in [1.165, 1.54) is 16.2 Å².